The molecule has 1 aliphatic rings. The Morgan fingerprint density at radius 3 is 1.24 bits per heavy atom. The summed E-state index contributed by atoms with van der Waals surface area (Å²) in [5.74, 6) is 14.0. The molecule has 130 heavy (non-hydrogen) atoms. The maximum absolute atomic E-state index is 9.99. The number of phenols is 1. The van der Waals surface area contributed by atoms with Gasteiger partial charge >= 0.3 is 0 Å². The van der Waals surface area contributed by atoms with E-state index in [1.807, 2.05) is 233 Å². The van der Waals surface area contributed by atoms with Crippen LogP contribution in [0.25, 0.3) is 98.5 Å². The van der Waals surface area contributed by atoms with Gasteiger partial charge in [-0.3, -0.25) is 0 Å². The molecule has 21 aromatic rings. The van der Waals surface area contributed by atoms with Gasteiger partial charge in [-0.15, -0.1) is 11.8 Å². The smallest absolute Gasteiger partial charge is 0.147 e. The monoisotopic (exact) mass is 1750 g/mol. The summed E-state index contributed by atoms with van der Waals surface area (Å²) in [7, 11) is 13.0. The molecule has 0 bridgehead atoms. The first-order valence-electron chi connectivity index (χ1n) is 41.9. The molecule has 0 fully saturated rings. The minimum absolute atomic E-state index is 0.270. The SMILES string of the molecule is COc1ccc(N(C)c2nc(C)nc3[nH]ccc23)nc1.COc1cccc2c(Nc3nc(C)nc4[nH]ccc34)cccc12.COc1cccc2cc(N(C)c3nc(C)nc4[nH]ccc34)ccc12.CSc1ccc(N(C)c2nc(C)nc3[nH]ccc23)cc1.Cc1nc(N(C)c2ccc3c(c2)CCO3)c2cc[nH]c2n1.Cc1nc(Nc2cccc3c(O)cccc23)c2cc[nH]c2n1. The molecule has 8 aromatic carbocycles. The molecule has 22 rings (SSSR count). The van der Waals surface area contributed by atoms with Gasteiger partial charge in [0.05, 0.1) is 66.5 Å². The number of aromatic amines is 6. The van der Waals surface area contributed by atoms with Crippen molar-refractivity contribution in [2.24, 2.45) is 0 Å². The van der Waals surface area contributed by atoms with Crippen LogP contribution in [-0.4, -0.2) is 162 Å². The second-order valence-electron chi connectivity index (χ2n) is 30.6. The van der Waals surface area contributed by atoms with Crippen molar-refractivity contribution in [3.05, 3.63) is 284 Å². The highest BCUT2D eigenvalue weighted by Crippen LogP contribution is 2.40. The normalized spacial score (nSPS) is 11.4. The first-order chi connectivity index (χ1) is 63.2. The van der Waals surface area contributed by atoms with Crippen LogP contribution >= 0.6 is 11.8 Å². The molecule has 30 nitrogen and oxygen atoms in total. The van der Waals surface area contributed by atoms with Gasteiger partial charge in [-0.2, -0.15) is 0 Å². The van der Waals surface area contributed by atoms with E-state index in [4.69, 9.17) is 18.9 Å². The number of ether oxygens (including phenoxy) is 4. The van der Waals surface area contributed by atoms with Gasteiger partial charge in [-0.25, -0.2) is 64.8 Å². The van der Waals surface area contributed by atoms with Crippen LogP contribution in [0.1, 0.15) is 40.5 Å². The fourth-order valence-corrected chi connectivity index (χ4v) is 16.1. The van der Waals surface area contributed by atoms with Crippen LogP contribution in [0.2, 0.25) is 0 Å². The maximum Gasteiger partial charge on any atom is 0.147 e. The third-order valence-corrected chi connectivity index (χ3v) is 22.9. The number of H-pyrrole nitrogens is 6. The molecule has 13 aromatic heterocycles. The molecule has 1 aliphatic heterocycles. The van der Waals surface area contributed by atoms with Crippen molar-refractivity contribution >= 4 is 179 Å². The number of hydrogen-bond acceptors (Lipinski definition) is 25. The Morgan fingerprint density at radius 1 is 0.362 bits per heavy atom. The van der Waals surface area contributed by atoms with E-state index in [1.54, 1.807) is 45.4 Å². The minimum atomic E-state index is 0.270. The maximum atomic E-state index is 9.99. The third-order valence-electron chi connectivity index (χ3n) is 22.1. The van der Waals surface area contributed by atoms with E-state index in [9.17, 15) is 5.11 Å². The zero-order valence-corrected chi connectivity index (χ0v) is 74.9. The number of hydrogen-bond donors (Lipinski definition) is 9. The fraction of sp³-hybridized carbons (Fsp3) is 0.162. The van der Waals surface area contributed by atoms with Crippen molar-refractivity contribution in [2.75, 3.05) is 92.6 Å². The summed E-state index contributed by atoms with van der Waals surface area (Å²) in [4.78, 5) is 86.4. The number of aromatic hydroxyl groups is 1. The lowest BCUT2D eigenvalue weighted by Gasteiger charge is -2.20. The number of thioether (sulfide) groups is 1. The molecule has 9 N–H and O–H groups in total. The minimum Gasteiger partial charge on any atom is -0.507 e. The number of anilines is 12. The fourth-order valence-electron chi connectivity index (χ4n) is 15.7. The first kappa shape index (κ1) is 85.7. The Morgan fingerprint density at radius 2 is 0.762 bits per heavy atom. The Labute approximate surface area is 752 Å². The largest absolute Gasteiger partial charge is 0.507 e. The summed E-state index contributed by atoms with van der Waals surface area (Å²) < 4.78 is 21.6. The molecule has 0 aliphatic carbocycles. The lowest BCUT2D eigenvalue weighted by atomic mass is 10.1. The summed E-state index contributed by atoms with van der Waals surface area (Å²) in [6.07, 6.45) is 16.0. The molecule has 0 unspecified atom stereocenters. The molecule has 0 saturated heterocycles. The molecule has 652 valence electrons. The van der Waals surface area contributed by atoms with Crippen molar-refractivity contribution in [1.82, 2.24) is 94.7 Å². The number of pyridine rings is 1. The summed E-state index contributed by atoms with van der Waals surface area (Å²) in [5, 5.41) is 28.9. The molecule has 0 radical (unpaired) electrons. The van der Waals surface area contributed by atoms with Crippen molar-refractivity contribution in [3.8, 4) is 28.7 Å². The third kappa shape index (κ3) is 18.2. The second kappa shape index (κ2) is 37.8. The van der Waals surface area contributed by atoms with Gasteiger partial charge in [0, 0.05) is 132 Å². The van der Waals surface area contributed by atoms with E-state index in [-0.39, 0.29) is 5.75 Å². The zero-order chi connectivity index (χ0) is 90.2. The average Bonchev–Trinajstić information content (AvgIpc) is 1.69. The molecule has 0 atom stereocenters. The van der Waals surface area contributed by atoms with E-state index in [2.05, 4.69) is 199 Å². The van der Waals surface area contributed by atoms with Gasteiger partial charge in [-0.1, -0.05) is 60.7 Å². The van der Waals surface area contributed by atoms with Gasteiger partial charge in [0.2, 0.25) is 0 Å². The van der Waals surface area contributed by atoms with E-state index >= 15 is 0 Å². The van der Waals surface area contributed by atoms with Gasteiger partial charge in [0.15, 0.2) is 0 Å². The predicted molar refractivity (Wildman–Crippen MR) is 522 cm³/mol. The highest BCUT2D eigenvalue weighted by atomic mass is 32.2. The molecule has 0 amide bonds. The van der Waals surface area contributed by atoms with Crippen molar-refractivity contribution in [3.63, 3.8) is 0 Å². The van der Waals surface area contributed by atoms with E-state index < -0.39 is 0 Å². The summed E-state index contributed by atoms with van der Waals surface area (Å²) in [6.45, 7) is 12.1. The number of benzene rings is 8. The number of nitrogens with zero attached hydrogens (tertiary/aromatic N) is 17. The van der Waals surface area contributed by atoms with Gasteiger partial charge < -0.3 is 84.2 Å². The van der Waals surface area contributed by atoms with Crippen LogP contribution in [0.5, 0.6) is 28.7 Å². The highest BCUT2D eigenvalue weighted by Gasteiger charge is 2.22. The second-order valence-corrected chi connectivity index (χ2v) is 31.5. The molecular formula is C99H95N25O5S. The van der Waals surface area contributed by atoms with Gasteiger partial charge in [-0.05, 0) is 198 Å². The number of nitrogens with one attached hydrogen (secondary N) is 8. The molecular weight excluding hydrogens is 1650 g/mol. The Bertz CT molecular complexity index is 7510. The Hall–Kier alpha value is -16.4. The van der Waals surface area contributed by atoms with Crippen LogP contribution < -0.4 is 49.2 Å². The zero-order valence-electron chi connectivity index (χ0n) is 74.1. The highest BCUT2D eigenvalue weighted by molar-refractivity contribution is 7.98. The van der Waals surface area contributed by atoms with Crippen molar-refractivity contribution < 1.29 is 24.1 Å². The number of methoxy groups -OCH3 is 3. The van der Waals surface area contributed by atoms with Crippen LogP contribution in [0.15, 0.2) is 248 Å². The van der Waals surface area contributed by atoms with E-state index in [0.29, 0.717) is 5.82 Å². The van der Waals surface area contributed by atoms with Crippen LogP contribution in [0.3, 0.4) is 0 Å². The summed E-state index contributed by atoms with van der Waals surface area (Å²) >= 11 is 1.74. The summed E-state index contributed by atoms with van der Waals surface area (Å²) in [5.41, 5.74) is 11.5. The molecule has 14 heterocycles. The van der Waals surface area contributed by atoms with Gasteiger partial charge in [0.1, 0.15) is 138 Å². The molecule has 0 saturated carbocycles. The van der Waals surface area contributed by atoms with Crippen molar-refractivity contribution in [1.29, 1.82) is 0 Å². The van der Waals surface area contributed by atoms with Gasteiger partial charge in [0.25, 0.3) is 0 Å². The number of aromatic nitrogens is 19. The number of aryl methyl sites for hydroxylation is 6. The standard InChI is InChI=1S/C19H18N4O.C18H16N4O.C17H14N4O.C16H16N4O.C15H16N4S.C14H15N5O/c1-12-21-18-16(9-10-20-18)19(22-12)23(2)14-7-8-15-13(11-14)5-4-6-17(15)24-3;1-11-20-17-14(9-10-19-17)18(21-11)22-15-7-3-6-13-12(15)5-4-8-16(13)23-2;1-10-19-16-13(8-9-18-16)17(20-10)21-14-6-2-5-12-11(14)4-3-7-15(12)22;1-10-18-15-13(5-7-17-15)16(19-10)20(2)12-3-4-14-11(9-12)6-8-21-14;1-10-17-14-13(8-9-16-14)15(18-10)19(2)11-4-6-12(20-3)7-5-11;1-9-17-13-11(6-7-15-13)14(18-9)19(2)12-5-4-10(20-3)8-16-12/h4-11H,1-3H3,(H,20,21,22);3-10H,1-2H3,(H2,19,20,21,22);2-9,22H,1H3,(H2,18,19,20,21);3-5,7,9H,6,8H2,1-2H3,(H,17,18,19);4-9H,1-3H3,(H,16,17,18);4-8H,1-3H3,(H,15,17,18). The quantitative estimate of drug-likeness (QED) is 0.0406. The number of fused-ring (bicyclic) bond motifs is 10. The lowest BCUT2D eigenvalue weighted by Crippen LogP contribution is -2.14. The molecule has 0 spiro atoms. The topological polar surface area (TPSA) is 356 Å². The predicted octanol–water partition coefficient (Wildman–Crippen LogP) is 21.4. The average molecular weight is 1750 g/mol. The first-order valence-corrected chi connectivity index (χ1v) is 43.1. The Balaban J connectivity index is 0.000000109. The van der Waals surface area contributed by atoms with E-state index in [0.717, 1.165) is 233 Å². The van der Waals surface area contributed by atoms with Crippen LogP contribution in [-0.2, 0) is 6.42 Å². The summed E-state index contributed by atoms with van der Waals surface area (Å²) in [6, 6.07) is 66.2. The number of phenolic OH excluding ortho intramolecular Hbond substituents is 1. The van der Waals surface area contributed by atoms with Crippen LogP contribution in [0, 0.1) is 41.5 Å². The Kier molecular flexibility index (Phi) is 24.9. The van der Waals surface area contributed by atoms with Crippen LogP contribution in [0.4, 0.5) is 69.2 Å². The molecule has 31 heteroatoms. The van der Waals surface area contributed by atoms with E-state index in [1.165, 1.54) is 10.5 Å². The number of rotatable bonds is 16. The van der Waals surface area contributed by atoms with Crippen molar-refractivity contribution in [2.45, 2.75) is 52.9 Å². The lowest BCUT2D eigenvalue weighted by molar-refractivity contribution is 0.357.